The van der Waals surface area contributed by atoms with Gasteiger partial charge in [0.25, 0.3) is 0 Å². The molecule has 1 aromatic heterocycles. The second-order valence-electron chi connectivity index (χ2n) is 6.84. The number of rotatable bonds is 4. The predicted molar refractivity (Wildman–Crippen MR) is 102 cm³/mol. The molecular weight excluding hydrogens is 404 g/mol. The number of hydrogen-bond acceptors (Lipinski definition) is 7. The molecule has 2 saturated heterocycles. The van der Waals surface area contributed by atoms with Gasteiger partial charge in [-0.1, -0.05) is 0 Å². The molecule has 0 spiro atoms. The van der Waals surface area contributed by atoms with Crippen LogP contribution in [0.3, 0.4) is 0 Å². The summed E-state index contributed by atoms with van der Waals surface area (Å²) < 4.78 is 58.7. The van der Waals surface area contributed by atoms with E-state index in [-0.39, 0.29) is 18.0 Å². The van der Waals surface area contributed by atoms with E-state index in [0.29, 0.717) is 26.3 Å². The lowest BCUT2D eigenvalue weighted by molar-refractivity contribution is 0.122. The van der Waals surface area contributed by atoms with Crippen molar-refractivity contribution >= 4 is 21.5 Å². The van der Waals surface area contributed by atoms with Gasteiger partial charge in [-0.15, -0.1) is 5.10 Å². The number of sulfonamides is 1. The van der Waals surface area contributed by atoms with E-state index < -0.39 is 21.7 Å². The highest BCUT2D eigenvalue weighted by atomic mass is 32.2. The van der Waals surface area contributed by atoms with Crippen LogP contribution in [0.15, 0.2) is 35.4 Å². The molecule has 0 N–H and O–H groups in total. The molecule has 1 aromatic carbocycles. The van der Waals surface area contributed by atoms with Gasteiger partial charge in [-0.25, -0.2) is 17.2 Å². The van der Waals surface area contributed by atoms with E-state index >= 15 is 0 Å². The fourth-order valence-electron chi connectivity index (χ4n) is 3.44. The van der Waals surface area contributed by atoms with Gasteiger partial charge in [0.2, 0.25) is 10.0 Å². The largest absolute Gasteiger partial charge is 0.378 e. The molecule has 0 saturated carbocycles. The van der Waals surface area contributed by atoms with Crippen LogP contribution in [-0.4, -0.2) is 75.4 Å². The average molecular weight is 425 g/mol. The van der Waals surface area contributed by atoms with Crippen molar-refractivity contribution in [3.63, 3.8) is 0 Å². The highest BCUT2D eigenvalue weighted by Crippen LogP contribution is 2.24. The summed E-state index contributed by atoms with van der Waals surface area (Å²) in [7, 11) is -3.88. The van der Waals surface area contributed by atoms with Crippen LogP contribution in [0.2, 0.25) is 0 Å². The van der Waals surface area contributed by atoms with Crippen LogP contribution in [0.25, 0.3) is 0 Å². The minimum Gasteiger partial charge on any atom is -0.378 e. The summed E-state index contributed by atoms with van der Waals surface area (Å²) in [5.41, 5.74) is 0.867. The van der Waals surface area contributed by atoms with Crippen LogP contribution in [0.4, 0.5) is 20.3 Å². The molecule has 3 heterocycles. The molecule has 0 aliphatic carbocycles. The molecule has 0 radical (unpaired) electrons. The Balaban J connectivity index is 1.44. The van der Waals surface area contributed by atoms with Gasteiger partial charge < -0.3 is 14.5 Å². The number of hydrogen-bond donors (Lipinski definition) is 0. The summed E-state index contributed by atoms with van der Waals surface area (Å²) in [5, 5.41) is 8.27. The van der Waals surface area contributed by atoms with Gasteiger partial charge in [0.05, 0.1) is 30.0 Å². The summed E-state index contributed by atoms with van der Waals surface area (Å²) in [6, 6.07) is 4.58. The number of anilines is 2. The van der Waals surface area contributed by atoms with Gasteiger partial charge in [-0.05, 0) is 18.2 Å². The van der Waals surface area contributed by atoms with Gasteiger partial charge in [0.15, 0.2) is 17.5 Å². The standard InChI is InChI=1S/C18H21F2N5O3S/c19-16-2-1-15(12-17(16)20)29(26,27)25-5-3-23(4-6-25)14-11-18(22-21-13-14)24-7-9-28-10-8-24/h1-2,11-13H,3-10H2. The van der Waals surface area contributed by atoms with Gasteiger partial charge >= 0.3 is 0 Å². The Bertz CT molecular complexity index is 977. The third kappa shape index (κ3) is 4.16. The monoisotopic (exact) mass is 425 g/mol. The minimum absolute atomic E-state index is 0.233. The molecular formula is C18H21F2N5O3S. The van der Waals surface area contributed by atoms with E-state index in [0.717, 1.165) is 42.8 Å². The lowest BCUT2D eigenvalue weighted by Crippen LogP contribution is -2.48. The van der Waals surface area contributed by atoms with Gasteiger partial charge in [0.1, 0.15) is 0 Å². The summed E-state index contributed by atoms with van der Waals surface area (Å²) in [4.78, 5) is 3.89. The Morgan fingerprint density at radius 1 is 0.897 bits per heavy atom. The molecule has 0 amide bonds. The zero-order valence-corrected chi connectivity index (χ0v) is 16.5. The Morgan fingerprint density at radius 3 is 2.31 bits per heavy atom. The number of ether oxygens (including phenoxy) is 1. The lowest BCUT2D eigenvalue weighted by Gasteiger charge is -2.35. The van der Waals surface area contributed by atoms with E-state index in [2.05, 4.69) is 15.1 Å². The van der Waals surface area contributed by atoms with Crippen molar-refractivity contribution in [1.82, 2.24) is 14.5 Å². The van der Waals surface area contributed by atoms with Crippen molar-refractivity contribution < 1.29 is 21.9 Å². The van der Waals surface area contributed by atoms with E-state index in [1.165, 1.54) is 4.31 Å². The molecule has 2 aliphatic heterocycles. The van der Waals surface area contributed by atoms with Gasteiger partial charge in [0, 0.05) is 45.3 Å². The van der Waals surface area contributed by atoms with E-state index in [4.69, 9.17) is 4.74 Å². The second kappa shape index (κ2) is 8.17. The quantitative estimate of drug-likeness (QED) is 0.726. The van der Waals surface area contributed by atoms with E-state index in [1.807, 2.05) is 11.0 Å². The minimum atomic E-state index is -3.88. The summed E-state index contributed by atoms with van der Waals surface area (Å²) in [5.74, 6) is -1.49. The summed E-state index contributed by atoms with van der Waals surface area (Å²) in [6.45, 7) is 4.16. The van der Waals surface area contributed by atoms with Gasteiger partial charge in [-0.3, -0.25) is 0 Å². The highest BCUT2D eigenvalue weighted by Gasteiger charge is 2.29. The normalized spacial score (nSPS) is 18.8. The van der Waals surface area contributed by atoms with Crippen LogP contribution in [0, 0.1) is 11.6 Å². The number of morpholine rings is 1. The molecule has 11 heteroatoms. The number of benzene rings is 1. The lowest BCUT2D eigenvalue weighted by atomic mass is 10.3. The zero-order valence-electron chi connectivity index (χ0n) is 15.7. The van der Waals surface area contributed by atoms with Crippen LogP contribution in [-0.2, 0) is 14.8 Å². The first-order valence-corrected chi connectivity index (χ1v) is 10.7. The van der Waals surface area contributed by atoms with Crippen molar-refractivity contribution in [3.8, 4) is 0 Å². The maximum Gasteiger partial charge on any atom is 0.243 e. The summed E-state index contributed by atoms with van der Waals surface area (Å²) >= 11 is 0. The smallest absolute Gasteiger partial charge is 0.243 e. The molecule has 156 valence electrons. The van der Waals surface area contributed by atoms with Crippen molar-refractivity contribution in [1.29, 1.82) is 0 Å². The molecule has 4 rings (SSSR count). The summed E-state index contributed by atoms with van der Waals surface area (Å²) in [6.07, 6.45) is 1.66. The van der Waals surface area contributed by atoms with Crippen LogP contribution < -0.4 is 9.80 Å². The van der Waals surface area contributed by atoms with Gasteiger partial charge in [-0.2, -0.15) is 9.40 Å². The fraction of sp³-hybridized carbons (Fsp3) is 0.444. The number of nitrogens with zero attached hydrogens (tertiary/aromatic N) is 5. The second-order valence-corrected chi connectivity index (χ2v) is 8.78. The first-order valence-electron chi connectivity index (χ1n) is 9.31. The van der Waals surface area contributed by atoms with E-state index in [1.54, 1.807) is 6.20 Å². The molecule has 0 atom stereocenters. The first-order chi connectivity index (χ1) is 13.9. The maximum absolute atomic E-state index is 13.5. The van der Waals surface area contributed by atoms with Crippen molar-refractivity contribution in [2.75, 3.05) is 62.3 Å². The number of halogens is 2. The number of aromatic nitrogens is 2. The zero-order chi connectivity index (χ0) is 20.4. The third-order valence-electron chi connectivity index (χ3n) is 5.09. The van der Waals surface area contributed by atoms with Crippen molar-refractivity contribution in [3.05, 3.63) is 42.1 Å². The molecule has 29 heavy (non-hydrogen) atoms. The Morgan fingerprint density at radius 2 is 1.62 bits per heavy atom. The molecule has 2 fully saturated rings. The Labute approximate surface area is 167 Å². The number of piperazine rings is 1. The topological polar surface area (TPSA) is 78.9 Å². The molecule has 8 nitrogen and oxygen atoms in total. The van der Waals surface area contributed by atoms with Crippen LogP contribution in [0.5, 0.6) is 0 Å². The van der Waals surface area contributed by atoms with Crippen LogP contribution in [0.1, 0.15) is 0 Å². The molecule has 0 unspecified atom stereocenters. The predicted octanol–water partition coefficient (Wildman–Crippen LogP) is 1.10. The van der Waals surface area contributed by atoms with Crippen LogP contribution >= 0.6 is 0 Å². The Kier molecular flexibility index (Phi) is 5.61. The van der Waals surface area contributed by atoms with E-state index in [9.17, 15) is 17.2 Å². The molecule has 2 aliphatic rings. The first kappa shape index (κ1) is 19.9. The maximum atomic E-state index is 13.5. The molecule has 0 bridgehead atoms. The average Bonchev–Trinajstić information content (AvgIpc) is 2.76. The highest BCUT2D eigenvalue weighted by molar-refractivity contribution is 7.89. The molecule has 2 aromatic rings. The Hall–Kier alpha value is -2.37. The fourth-order valence-corrected chi connectivity index (χ4v) is 4.87. The SMILES string of the molecule is O=S(=O)(c1ccc(F)c(F)c1)N1CCN(c2cnnc(N3CCOCC3)c2)CC1. The third-order valence-corrected chi connectivity index (χ3v) is 6.99. The van der Waals surface area contributed by atoms with Crippen molar-refractivity contribution in [2.45, 2.75) is 4.90 Å². The van der Waals surface area contributed by atoms with Crippen molar-refractivity contribution in [2.24, 2.45) is 0 Å².